The number of nitrogens with zero attached hydrogens (tertiary/aromatic N) is 2. The van der Waals surface area contributed by atoms with Crippen LogP contribution in [-0.4, -0.2) is 51.1 Å². The highest BCUT2D eigenvalue weighted by atomic mass is 32.1. The second kappa shape index (κ2) is 12.7. The number of methoxy groups -OCH3 is 2. The number of nitrogens with one attached hydrogen (secondary N) is 1. The van der Waals surface area contributed by atoms with Crippen LogP contribution in [0.5, 0.6) is 5.75 Å². The van der Waals surface area contributed by atoms with Crippen molar-refractivity contribution >= 4 is 28.9 Å². The van der Waals surface area contributed by atoms with Gasteiger partial charge in [0.2, 0.25) is 0 Å². The van der Waals surface area contributed by atoms with Crippen LogP contribution >= 0.6 is 11.3 Å². The summed E-state index contributed by atoms with van der Waals surface area (Å²) in [6.07, 6.45) is 1.87. The fourth-order valence-corrected chi connectivity index (χ4v) is 3.89. The molecular formula is C21H23F2N3O5S. The lowest BCUT2D eigenvalue weighted by Gasteiger charge is -2.06. The first-order chi connectivity index (χ1) is 15.4. The average molecular weight is 467 g/mol. The Morgan fingerprint density at radius 1 is 1.28 bits per heavy atom. The lowest BCUT2D eigenvalue weighted by Crippen LogP contribution is -2.35. The Balaban J connectivity index is 2.65. The Hall–Kier alpha value is -3.07. The second-order valence-electron chi connectivity index (χ2n) is 6.37. The minimum atomic E-state index is -3.02. The number of hydrogen-bond donors (Lipinski definition) is 1. The first kappa shape index (κ1) is 25.2. The van der Waals surface area contributed by atoms with Gasteiger partial charge in [0.15, 0.2) is 5.57 Å². The number of ether oxygens (including phenoxy) is 3. The normalized spacial score (nSPS) is 12.6. The van der Waals surface area contributed by atoms with Gasteiger partial charge in [0, 0.05) is 39.5 Å². The molecule has 0 aliphatic carbocycles. The van der Waals surface area contributed by atoms with Gasteiger partial charge in [0.05, 0.1) is 11.1 Å². The van der Waals surface area contributed by atoms with Crippen LogP contribution < -0.4 is 24.8 Å². The van der Waals surface area contributed by atoms with E-state index < -0.39 is 18.1 Å². The van der Waals surface area contributed by atoms with Gasteiger partial charge in [-0.2, -0.15) is 14.0 Å². The summed E-state index contributed by atoms with van der Waals surface area (Å²) in [4.78, 5) is 25.6. The highest BCUT2D eigenvalue weighted by Gasteiger charge is 2.16. The minimum Gasteiger partial charge on any atom is -0.434 e. The zero-order valence-electron chi connectivity index (χ0n) is 17.6. The van der Waals surface area contributed by atoms with Gasteiger partial charge in [0.1, 0.15) is 16.5 Å². The molecule has 1 heterocycles. The summed E-state index contributed by atoms with van der Waals surface area (Å²) in [6, 6.07) is 7.90. The monoisotopic (exact) mass is 467 g/mol. The fraction of sp³-hybridized carbons (Fsp3) is 0.381. The van der Waals surface area contributed by atoms with Crippen LogP contribution in [0.1, 0.15) is 12.0 Å². The van der Waals surface area contributed by atoms with Crippen LogP contribution in [0.25, 0.3) is 11.6 Å². The van der Waals surface area contributed by atoms with E-state index in [4.69, 9.17) is 9.47 Å². The predicted molar refractivity (Wildman–Crippen MR) is 115 cm³/mol. The molecule has 172 valence electrons. The van der Waals surface area contributed by atoms with Gasteiger partial charge in [-0.1, -0.05) is 18.2 Å². The Morgan fingerprint density at radius 2 is 2.00 bits per heavy atom. The Kier molecular flexibility index (Phi) is 10.0. The Labute approximate surface area is 186 Å². The van der Waals surface area contributed by atoms with Crippen molar-refractivity contribution in [3.05, 3.63) is 49.4 Å². The smallest absolute Gasteiger partial charge is 0.387 e. The first-order valence-electron chi connectivity index (χ1n) is 9.58. The van der Waals surface area contributed by atoms with E-state index in [1.807, 2.05) is 6.07 Å². The van der Waals surface area contributed by atoms with E-state index in [9.17, 15) is 23.6 Å². The van der Waals surface area contributed by atoms with E-state index in [-0.39, 0.29) is 45.8 Å². The van der Waals surface area contributed by atoms with E-state index in [0.717, 1.165) is 11.3 Å². The van der Waals surface area contributed by atoms with Gasteiger partial charge in [-0.05, 0) is 18.6 Å². The minimum absolute atomic E-state index is 0.0930. The predicted octanol–water partition coefficient (Wildman–Crippen LogP) is 0.813. The van der Waals surface area contributed by atoms with Gasteiger partial charge in [0.25, 0.3) is 11.5 Å². The number of alkyl halides is 2. The summed E-state index contributed by atoms with van der Waals surface area (Å²) < 4.78 is 41.5. The average Bonchev–Trinajstić information content (AvgIpc) is 3.05. The van der Waals surface area contributed by atoms with E-state index >= 15 is 0 Å². The molecular weight excluding hydrogens is 444 g/mol. The molecule has 1 aromatic carbocycles. The molecule has 2 rings (SSSR count). The van der Waals surface area contributed by atoms with Crippen molar-refractivity contribution in [3.8, 4) is 11.8 Å². The van der Waals surface area contributed by atoms with E-state index in [0.29, 0.717) is 13.0 Å². The highest BCUT2D eigenvalue weighted by molar-refractivity contribution is 7.07. The zero-order chi connectivity index (χ0) is 23.5. The number of thiazole rings is 1. The molecule has 0 aliphatic heterocycles. The molecule has 0 saturated heterocycles. The van der Waals surface area contributed by atoms with Gasteiger partial charge in [-0.25, -0.2) is 0 Å². The van der Waals surface area contributed by atoms with Crippen molar-refractivity contribution in [2.24, 2.45) is 0 Å². The van der Waals surface area contributed by atoms with Crippen LogP contribution in [0.2, 0.25) is 0 Å². The standard InChI is InChI=1S/C21H23F2N3O5S/c1-29-10-5-9-26-19(28)17(12-14-6-3-4-7-16(14)31-21(22)23)32-20(26)15(13-24)18(27)25-8-11-30-2/h3-4,6-7,12,21H,5,8-11H2,1-2H3,(H,25,27)/b17-12-,20-15+. The third-order valence-corrected chi connectivity index (χ3v) is 5.33. The summed E-state index contributed by atoms with van der Waals surface area (Å²) in [5, 5.41) is 12.2. The van der Waals surface area contributed by atoms with Crippen molar-refractivity contribution in [1.29, 1.82) is 5.26 Å². The summed E-state index contributed by atoms with van der Waals surface area (Å²) in [5.74, 6) is -0.733. The maximum atomic E-state index is 13.1. The van der Waals surface area contributed by atoms with Gasteiger partial charge in [-0.15, -0.1) is 11.3 Å². The highest BCUT2D eigenvalue weighted by Crippen LogP contribution is 2.20. The number of nitriles is 1. The summed E-state index contributed by atoms with van der Waals surface area (Å²) in [6.45, 7) is -2.00. The number of para-hydroxylation sites is 1. The van der Waals surface area contributed by atoms with Crippen molar-refractivity contribution in [3.63, 3.8) is 0 Å². The number of halogens is 2. The maximum absolute atomic E-state index is 13.1. The van der Waals surface area contributed by atoms with Gasteiger partial charge < -0.3 is 19.5 Å². The number of aromatic nitrogens is 1. The molecule has 1 N–H and O–H groups in total. The fourth-order valence-electron chi connectivity index (χ4n) is 2.77. The molecule has 0 aliphatic rings. The third kappa shape index (κ3) is 6.71. The summed E-state index contributed by atoms with van der Waals surface area (Å²) >= 11 is 0.926. The number of carbonyl (C=O) groups is 1. The molecule has 0 atom stereocenters. The molecule has 0 fully saturated rings. The SMILES string of the molecule is COCCCn1c(=O)/c(=C/c2ccccc2OC(F)F)s/c1=C(\C#N)C(=O)NCCOC. The number of rotatable bonds is 11. The maximum Gasteiger partial charge on any atom is 0.387 e. The number of benzene rings is 1. The van der Waals surface area contributed by atoms with Crippen LogP contribution in [-0.2, 0) is 20.8 Å². The molecule has 32 heavy (non-hydrogen) atoms. The molecule has 2 aromatic rings. The molecule has 0 radical (unpaired) electrons. The van der Waals surface area contributed by atoms with Crippen LogP contribution in [0.4, 0.5) is 8.78 Å². The van der Waals surface area contributed by atoms with Gasteiger partial charge in [-0.3, -0.25) is 14.2 Å². The van der Waals surface area contributed by atoms with Crippen molar-refractivity contribution in [1.82, 2.24) is 9.88 Å². The molecule has 1 amide bonds. The van der Waals surface area contributed by atoms with Crippen LogP contribution in [0, 0.1) is 11.3 Å². The van der Waals surface area contributed by atoms with Crippen LogP contribution in [0.3, 0.4) is 0 Å². The number of hydrogen-bond acceptors (Lipinski definition) is 7. The van der Waals surface area contributed by atoms with Crippen molar-refractivity contribution in [2.75, 3.05) is 34.0 Å². The summed E-state index contributed by atoms with van der Waals surface area (Å²) in [7, 11) is 3.00. The van der Waals surface area contributed by atoms with E-state index in [2.05, 4.69) is 10.1 Å². The van der Waals surface area contributed by atoms with Crippen molar-refractivity contribution in [2.45, 2.75) is 19.6 Å². The molecule has 8 nitrogen and oxygen atoms in total. The largest absolute Gasteiger partial charge is 0.434 e. The van der Waals surface area contributed by atoms with E-state index in [1.165, 1.54) is 43.1 Å². The summed E-state index contributed by atoms with van der Waals surface area (Å²) in [5.41, 5.74) is -0.410. The van der Waals surface area contributed by atoms with Gasteiger partial charge >= 0.3 is 6.61 Å². The quantitative estimate of drug-likeness (QED) is 0.491. The third-order valence-electron chi connectivity index (χ3n) is 4.20. The molecule has 0 unspecified atom stereocenters. The van der Waals surface area contributed by atoms with E-state index in [1.54, 1.807) is 6.07 Å². The topological polar surface area (TPSA) is 103 Å². The zero-order valence-corrected chi connectivity index (χ0v) is 18.4. The number of carbonyl (C=O) groups excluding carboxylic acids is 1. The molecule has 0 spiro atoms. The molecule has 1 aromatic heterocycles. The molecule has 0 saturated carbocycles. The first-order valence-corrected chi connectivity index (χ1v) is 10.4. The van der Waals surface area contributed by atoms with Crippen molar-refractivity contribution < 1.29 is 27.8 Å². The second-order valence-corrected chi connectivity index (χ2v) is 7.40. The lowest BCUT2D eigenvalue weighted by atomic mass is 10.2. The molecule has 0 bridgehead atoms. The lowest BCUT2D eigenvalue weighted by molar-refractivity contribution is -0.115. The molecule has 11 heteroatoms. The van der Waals surface area contributed by atoms with Crippen LogP contribution in [0.15, 0.2) is 29.1 Å². The Bertz CT molecular complexity index is 1140. The Morgan fingerprint density at radius 3 is 2.66 bits per heavy atom. The number of amides is 1.